The molecule has 1 heterocycles. The zero-order chi connectivity index (χ0) is 15.5. The Labute approximate surface area is 134 Å². The number of methoxy groups -OCH3 is 2. The molecule has 126 valence electrons. The predicted octanol–water partition coefficient (Wildman–Crippen LogP) is 2.63. The van der Waals surface area contributed by atoms with Crippen molar-refractivity contribution in [1.82, 2.24) is 10.2 Å². The predicted molar refractivity (Wildman–Crippen MR) is 80.0 cm³/mol. The van der Waals surface area contributed by atoms with Gasteiger partial charge in [-0.25, -0.2) is 0 Å². The number of hydrogen-bond donors (Lipinski definition) is 1. The average molecular weight is 341 g/mol. The molecule has 0 unspecified atom stereocenters. The van der Waals surface area contributed by atoms with Gasteiger partial charge in [-0.1, -0.05) is 0 Å². The Morgan fingerprint density at radius 1 is 1.05 bits per heavy atom. The van der Waals surface area contributed by atoms with E-state index in [1.165, 1.54) is 31.3 Å². The number of alkyl halides is 3. The second kappa shape index (κ2) is 7.89. The van der Waals surface area contributed by atoms with Crippen molar-refractivity contribution in [2.75, 3.05) is 40.4 Å². The maximum Gasteiger partial charge on any atom is 0.408 e. The van der Waals surface area contributed by atoms with Gasteiger partial charge in [-0.2, -0.15) is 13.2 Å². The minimum atomic E-state index is -4.35. The zero-order valence-corrected chi connectivity index (χ0v) is 13.3. The molecule has 0 bridgehead atoms. The van der Waals surface area contributed by atoms with Gasteiger partial charge in [0.15, 0.2) is 0 Å². The van der Waals surface area contributed by atoms with Crippen molar-refractivity contribution in [3.8, 4) is 11.5 Å². The lowest BCUT2D eigenvalue weighted by molar-refractivity contribution is -0.187. The molecule has 4 nitrogen and oxygen atoms in total. The number of nitrogens with zero attached hydrogens (tertiary/aromatic N) is 1. The smallest absolute Gasteiger partial charge is 0.408 e. The maximum atomic E-state index is 13.5. The molecule has 2 rings (SSSR count). The molecule has 1 fully saturated rings. The molecule has 0 spiro atoms. The van der Waals surface area contributed by atoms with Crippen LogP contribution in [0, 0.1) is 0 Å². The lowest BCUT2D eigenvalue weighted by Crippen LogP contribution is -2.49. The van der Waals surface area contributed by atoms with Crippen LogP contribution in [0.3, 0.4) is 0 Å². The van der Waals surface area contributed by atoms with Gasteiger partial charge in [0.1, 0.15) is 17.5 Å². The van der Waals surface area contributed by atoms with E-state index in [1.54, 1.807) is 6.07 Å². The topological polar surface area (TPSA) is 33.7 Å². The Balaban J connectivity index is 0.00000242. The first kappa shape index (κ1) is 18.9. The van der Waals surface area contributed by atoms with Crippen LogP contribution >= 0.6 is 12.4 Å². The zero-order valence-electron chi connectivity index (χ0n) is 12.4. The van der Waals surface area contributed by atoms with Gasteiger partial charge in [0.2, 0.25) is 0 Å². The third-order valence-electron chi connectivity index (χ3n) is 3.52. The summed E-state index contributed by atoms with van der Waals surface area (Å²) < 4.78 is 50.7. The second-order valence-electron chi connectivity index (χ2n) is 4.88. The van der Waals surface area contributed by atoms with E-state index in [1.807, 2.05) is 0 Å². The Hall–Kier alpha value is -1.18. The molecule has 1 aromatic carbocycles. The normalized spacial score (nSPS) is 17.5. The van der Waals surface area contributed by atoms with Crippen molar-refractivity contribution in [2.24, 2.45) is 0 Å². The van der Waals surface area contributed by atoms with Gasteiger partial charge in [0.25, 0.3) is 0 Å². The molecule has 0 aliphatic carbocycles. The molecule has 0 saturated carbocycles. The first-order chi connectivity index (χ1) is 9.95. The van der Waals surface area contributed by atoms with Crippen LogP contribution in [0.4, 0.5) is 13.2 Å². The lowest BCUT2D eigenvalue weighted by Gasteiger charge is -2.36. The van der Waals surface area contributed by atoms with Crippen LogP contribution in [0.2, 0.25) is 0 Å². The Morgan fingerprint density at radius 3 is 1.95 bits per heavy atom. The quantitative estimate of drug-likeness (QED) is 0.913. The molecular formula is C14H20ClF3N2O2. The van der Waals surface area contributed by atoms with Gasteiger partial charge in [-0.3, -0.25) is 4.90 Å². The first-order valence-electron chi connectivity index (χ1n) is 6.70. The summed E-state index contributed by atoms with van der Waals surface area (Å²) in [5, 5.41) is 3.06. The van der Waals surface area contributed by atoms with Gasteiger partial charge in [0, 0.05) is 32.2 Å². The number of benzene rings is 1. The van der Waals surface area contributed by atoms with Gasteiger partial charge in [-0.05, 0) is 17.7 Å². The van der Waals surface area contributed by atoms with Crippen molar-refractivity contribution in [1.29, 1.82) is 0 Å². The highest BCUT2D eigenvalue weighted by atomic mass is 35.5. The van der Waals surface area contributed by atoms with Gasteiger partial charge >= 0.3 is 6.18 Å². The van der Waals surface area contributed by atoms with Crippen molar-refractivity contribution >= 4 is 12.4 Å². The fourth-order valence-corrected chi connectivity index (χ4v) is 2.53. The molecule has 0 radical (unpaired) electrons. The second-order valence-corrected chi connectivity index (χ2v) is 4.88. The van der Waals surface area contributed by atoms with Crippen LogP contribution in [0.5, 0.6) is 11.5 Å². The molecule has 0 amide bonds. The fraction of sp³-hybridized carbons (Fsp3) is 0.571. The highest BCUT2D eigenvalue weighted by molar-refractivity contribution is 5.85. The number of nitrogens with one attached hydrogen (secondary N) is 1. The van der Waals surface area contributed by atoms with E-state index in [2.05, 4.69) is 5.32 Å². The first-order valence-corrected chi connectivity index (χ1v) is 6.70. The summed E-state index contributed by atoms with van der Waals surface area (Å²) >= 11 is 0. The number of piperazine rings is 1. The summed E-state index contributed by atoms with van der Waals surface area (Å²) in [4.78, 5) is 1.44. The maximum absolute atomic E-state index is 13.5. The molecule has 0 aromatic heterocycles. The van der Waals surface area contributed by atoms with Crippen LogP contribution in [0.15, 0.2) is 18.2 Å². The van der Waals surface area contributed by atoms with Crippen molar-refractivity contribution in [3.05, 3.63) is 23.8 Å². The molecule has 1 aliphatic heterocycles. The van der Waals surface area contributed by atoms with E-state index in [0.29, 0.717) is 37.7 Å². The standard InChI is InChI=1S/C14H19F3N2O2.ClH/c1-20-11-7-10(8-12(9-11)21-2)13(14(15,16)17)19-5-3-18-4-6-19;/h7-9,13,18H,3-6H2,1-2H3;1H/t13-;/m0./s1. The van der Waals surface area contributed by atoms with E-state index in [9.17, 15) is 13.2 Å². The molecule has 1 atom stereocenters. The average Bonchev–Trinajstić information content (AvgIpc) is 2.46. The summed E-state index contributed by atoms with van der Waals surface area (Å²) in [6.45, 7) is 1.80. The number of hydrogen-bond acceptors (Lipinski definition) is 4. The minimum absolute atomic E-state index is 0. The summed E-state index contributed by atoms with van der Waals surface area (Å²) in [5.41, 5.74) is 0.139. The Bertz CT molecular complexity index is 457. The molecule has 1 aliphatic rings. The van der Waals surface area contributed by atoms with Crippen LogP contribution in [0.1, 0.15) is 11.6 Å². The highest BCUT2D eigenvalue weighted by Crippen LogP contribution is 2.40. The van der Waals surface area contributed by atoms with Gasteiger partial charge in [0.05, 0.1) is 14.2 Å². The molecular weight excluding hydrogens is 321 g/mol. The van der Waals surface area contributed by atoms with Crippen molar-refractivity contribution < 1.29 is 22.6 Å². The van der Waals surface area contributed by atoms with E-state index in [0.717, 1.165) is 0 Å². The molecule has 8 heteroatoms. The Morgan fingerprint density at radius 2 is 1.55 bits per heavy atom. The van der Waals surface area contributed by atoms with Crippen LogP contribution < -0.4 is 14.8 Å². The van der Waals surface area contributed by atoms with Gasteiger partial charge in [-0.15, -0.1) is 12.4 Å². The molecule has 1 aromatic rings. The van der Waals surface area contributed by atoms with Crippen LogP contribution in [-0.4, -0.2) is 51.5 Å². The lowest BCUT2D eigenvalue weighted by atomic mass is 10.0. The number of rotatable bonds is 4. The molecule has 22 heavy (non-hydrogen) atoms. The molecule has 1 N–H and O–H groups in total. The minimum Gasteiger partial charge on any atom is -0.497 e. The number of halogens is 4. The highest BCUT2D eigenvalue weighted by Gasteiger charge is 2.45. The van der Waals surface area contributed by atoms with E-state index in [4.69, 9.17) is 9.47 Å². The third-order valence-corrected chi connectivity index (χ3v) is 3.52. The van der Waals surface area contributed by atoms with E-state index >= 15 is 0 Å². The van der Waals surface area contributed by atoms with E-state index in [-0.39, 0.29) is 18.0 Å². The summed E-state index contributed by atoms with van der Waals surface area (Å²) in [6, 6.07) is 2.75. The third kappa shape index (κ3) is 4.41. The fourth-order valence-electron chi connectivity index (χ4n) is 2.53. The molecule has 1 saturated heterocycles. The summed E-state index contributed by atoms with van der Waals surface area (Å²) in [7, 11) is 2.85. The monoisotopic (exact) mass is 340 g/mol. The van der Waals surface area contributed by atoms with E-state index < -0.39 is 12.2 Å². The van der Waals surface area contributed by atoms with Crippen molar-refractivity contribution in [3.63, 3.8) is 0 Å². The van der Waals surface area contributed by atoms with Gasteiger partial charge < -0.3 is 14.8 Å². The van der Waals surface area contributed by atoms with Crippen LogP contribution in [0.25, 0.3) is 0 Å². The summed E-state index contributed by atoms with van der Waals surface area (Å²) in [6.07, 6.45) is -4.35. The summed E-state index contributed by atoms with van der Waals surface area (Å²) in [5.74, 6) is 0.711. The largest absolute Gasteiger partial charge is 0.497 e. The number of ether oxygens (including phenoxy) is 2. The SMILES string of the molecule is COc1cc(OC)cc([C@H](N2CCNCC2)C(F)(F)F)c1.Cl. The van der Waals surface area contributed by atoms with Crippen LogP contribution in [-0.2, 0) is 0 Å². The Kier molecular flexibility index (Phi) is 6.77. The van der Waals surface area contributed by atoms with Crippen molar-refractivity contribution in [2.45, 2.75) is 12.2 Å².